The molecule has 0 bridgehead atoms. The molecule has 0 aliphatic rings. The highest BCUT2D eigenvalue weighted by Crippen LogP contribution is 2.16. The van der Waals surface area contributed by atoms with Crippen molar-refractivity contribution in [1.29, 1.82) is 0 Å². The number of hydrogen-bond acceptors (Lipinski definition) is 3. The summed E-state index contributed by atoms with van der Waals surface area (Å²) in [5.41, 5.74) is 1.63. The first-order valence-corrected chi connectivity index (χ1v) is 6.32. The Labute approximate surface area is 104 Å². The van der Waals surface area contributed by atoms with Crippen molar-refractivity contribution in [3.8, 4) is 0 Å². The number of Topliss-reactive ketones (excluding diaryl/α,β-unsaturated/α-hetero) is 1. The van der Waals surface area contributed by atoms with Gasteiger partial charge in [-0.1, -0.05) is 20.3 Å². The van der Waals surface area contributed by atoms with Crippen molar-refractivity contribution in [2.45, 2.75) is 46.1 Å². The smallest absolute Gasteiger partial charge is 0.180 e. The van der Waals surface area contributed by atoms with Gasteiger partial charge in [0, 0.05) is 19.5 Å². The second-order valence-corrected chi connectivity index (χ2v) is 4.43. The number of nitrogens with zero attached hydrogens (tertiary/aromatic N) is 2. The van der Waals surface area contributed by atoms with Crippen LogP contribution in [0.1, 0.15) is 50.5 Å². The second kappa shape index (κ2) is 6.38. The number of anilines is 1. The van der Waals surface area contributed by atoms with Gasteiger partial charge in [0.25, 0.3) is 0 Å². The van der Waals surface area contributed by atoms with Crippen LogP contribution in [-0.2, 0) is 0 Å². The lowest BCUT2D eigenvalue weighted by Gasteiger charge is -2.26. The first-order chi connectivity index (χ1) is 8.10. The van der Waals surface area contributed by atoms with Crippen molar-refractivity contribution >= 4 is 11.5 Å². The van der Waals surface area contributed by atoms with Crippen LogP contribution in [-0.4, -0.2) is 23.9 Å². The summed E-state index contributed by atoms with van der Waals surface area (Å²) in [5, 5.41) is 0. The molecular weight excluding hydrogens is 212 g/mol. The zero-order valence-electron chi connectivity index (χ0n) is 11.2. The van der Waals surface area contributed by atoms with Crippen molar-refractivity contribution in [1.82, 2.24) is 4.98 Å². The predicted molar refractivity (Wildman–Crippen MR) is 71.6 cm³/mol. The number of ketones is 1. The molecule has 94 valence electrons. The van der Waals surface area contributed by atoms with E-state index in [1.807, 2.05) is 19.1 Å². The van der Waals surface area contributed by atoms with Crippen LogP contribution in [0.5, 0.6) is 0 Å². The lowest BCUT2D eigenvalue weighted by Crippen LogP contribution is -2.28. The van der Waals surface area contributed by atoms with Gasteiger partial charge in [-0.2, -0.15) is 0 Å². The maximum atomic E-state index is 11.5. The minimum absolute atomic E-state index is 0.0980. The van der Waals surface area contributed by atoms with E-state index in [9.17, 15) is 4.79 Å². The van der Waals surface area contributed by atoms with E-state index >= 15 is 0 Å². The second-order valence-electron chi connectivity index (χ2n) is 4.43. The van der Waals surface area contributed by atoms with Gasteiger partial charge in [-0.05, 0) is 25.5 Å². The topological polar surface area (TPSA) is 33.2 Å². The van der Waals surface area contributed by atoms with Crippen LogP contribution in [0.4, 0.5) is 5.69 Å². The van der Waals surface area contributed by atoms with E-state index in [1.54, 1.807) is 6.20 Å². The zero-order chi connectivity index (χ0) is 12.8. The highest BCUT2D eigenvalue weighted by atomic mass is 16.1. The minimum atomic E-state index is 0.0980. The Morgan fingerprint density at radius 1 is 1.41 bits per heavy atom. The van der Waals surface area contributed by atoms with E-state index in [0.29, 0.717) is 18.2 Å². The lowest BCUT2D eigenvalue weighted by molar-refractivity contribution is 0.0983. The molecule has 0 fully saturated rings. The van der Waals surface area contributed by atoms with Gasteiger partial charge < -0.3 is 4.90 Å². The highest BCUT2D eigenvalue weighted by Gasteiger charge is 2.10. The highest BCUT2D eigenvalue weighted by molar-refractivity contribution is 5.94. The van der Waals surface area contributed by atoms with Crippen LogP contribution >= 0.6 is 0 Å². The molecule has 1 heterocycles. The first kappa shape index (κ1) is 13.7. The molecule has 0 aliphatic heterocycles. The predicted octanol–water partition coefficient (Wildman–Crippen LogP) is 3.30. The van der Waals surface area contributed by atoms with Crippen molar-refractivity contribution in [2.75, 3.05) is 11.9 Å². The summed E-state index contributed by atoms with van der Waals surface area (Å²) in [6, 6.07) is 4.28. The van der Waals surface area contributed by atoms with E-state index < -0.39 is 0 Å². The Morgan fingerprint density at radius 2 is 2.12 bits per heavy atom. The molecule has 0 amide bonds. The quantitative estimate of drug-likeness (QED) is 0.708. The average Bonchev–Trinajstić information content (AvgIpc) is 2.37. The summed E-state index contributed by atoms with van der Waals surface area (Å²) in [5.74, 6) is 0.0980. The Kier molecular flexibility index (Phi) is 5.13. The van der Waals surface area contributed by atoms with Crippen LogP contribution in [0.25, 0.3) is 0 Å². The van der Waals surface area contributed by atoms with Crippen LogP contribution in [0, 0.1) is 0 Å². The van der Waals surface area contributed by atoms with Gasteiger partial charge in [0.2, 0.25) is 0 Å². The van der Waals surface area contributed by atoms with Crippen LogP contribution in [0.3, 0.4) is 0 Å². The van der Waals surface area contributed by atoms with Gasteiger partial charge in [0.05, 0.1) is 11.9 Å². The standard InChI is InChI=1S/C14H22N2O/c1-5-7-11(3)16(4)12-8-9-13(15-10-12)14(17)6-2/h8-11H,5-7H2,1-4H3. The molecule has 0 saturated carbocycles. The van der Waals surface area contributed by atoms with Gasteiger partial charge in [-0.15, -0.1) is 0 Å². The zero-order valence-corrected chi connectivity index (χ0v) is 11.2. The molecule has 0 aliphatic carbocycles. The normalized spacial score (nSPS) is 12.2. The van der Waals surface area contributed by atoms with Crippen molar-refractivity contribution in [3.05, 3.63) is 24.0 Å². The summed E-state index contributed by atoms with van der Waals surface area (Å²) < 4.78 is 0. The fourth-order valence-electron chi connectivity index (χ4n) is 1.81. The Bertz CT molecular complexity index is 359. The number of carbonyl (C=O) groups is 1. The summed E-state index contributed by atoms with van der Waals surface area (Å²) in [7, 11) is 2.07. The first-order valence-electron chi connectivity index (χ1n) is 6.32. The molecule has 0 saturated heterocycles. The molecule has 3 nitrogen and oxygen atoms in total. The molecule has 0 N–H and O–H groups in total. The van der Waals surface area contributed by atoms with Gasteiger partial charge >= 0.3 is 0 Å². The lowest BCUT2D eigenvalue weighted by atomic mass is 10.1. The fourth-order valence-corrected chi connectivity index (χ4v) is 1.81. The monoisotopic (exact) mass is 234 g/mol. The Balaban J connectivity index is 2.76. The molecule has 17 heavy (non-hydrogen) atoms. The number of aromatic nitrogens is 1. The third-order valence-corrected chi connectivity index (χ3v) is 3.13. The van der Waals surface area contributed by atoms with E-state index in [2.05, 4.69) is 30.8 Å². The maximum absolute atomic E-state index is 11.5. The molecular formula is C14H22N2O. The summed E-state index contributed by atoms with van der Waals surface area (Å²) in [6.45, 7) is 6.24. The fraction of sp³-hybridized carbons (Fsp3) is 0.571. The minimum Gasteiger partial charge on any atom is -0.371 e. The van der Waals surface area contributed by atoms with Gasteiger partial charge in [0.1, 0.15) is 5.69 Å². The molecule has 1 atom stereocenters. The molecule has 1 aromatic heterocycles. The summed E-state index contributed by atoms with van der Waals surface area (Å²) in [6.07, 6.45) is 4.63. The largest absolute Gasteiger partial charge is 0.371 e. The SMILES string of the molecule is CCCC(C)N(C)c1ccc(C(=O)CC)nc1. The van der Waals surface area contributed by atoms with E-state index in [-0.39, 0.29) is 5.78 Å². The van der Waals surface area contributed by atoms with Gasteiger partial charge in [-0.25, -0.2) is 0 Å². The van der Waals surface area contributed by atoms with E-state index in [1.165, 1.54) is 6.42 Å². The Hall–Kier alpha value is -1.38. The molecule has 0 radical (unpaired) electrons. The maximum Gasteiger partial charge on any atom is 0.180 e. The molecule has 1 rings (SSSR count). The molecule has 1 unspecified atom stereocenters. The van der Waals surface area contributed by atoms with Crippen molar-refractivity contribution in [2.24, 2.45) is 0 Å². The molecule has 0 spiro atoms. The van der Waals surface area contributed by atoms with Crippen molar-refractivity contribution < 1.29 is 4.79 Å². The van der Waals surface area contributed by atoms with E-state index in [0.717, 1.165) is 12.1 Å². The third kappa shape index (κ3) is 3.55. The number of carbonyl (C=O) groups excluding carboxylic acids is 1. The van der Waals surface area contributed by atoms with Crippen LogP contribution in [0.15, 0.2) is 18.3 Å². The number of rotatable bonds is 6. The molecule has 1 aromatic rings. The third-order valence-electron chi connectivity index (χ3n) is 3.13. The van der Waals surface area contributed by atoms with E-state index in [4.69, 9.17) is 0 Å². The Morgan fingerprint density at radius 3 is 2.59 bits per heavy atom. The number of pyridine rings is 1. The average molecular weight is 234 g/mol. The van der Waals surface area contributed by atoms with Crippen LogP contribution in [0.2, 0.25) is 0 Å². The molecule has 0 aromatic carbocycles. The molecule has 3 heteroatoms. The summed E-state index contributed by atoms with van der Waals surface area (Å²) >= 11 is 0. The van der Waals surface area contributed by atoms with Gasteiger partial charge in [-0.3, -0.25) is 9.78 Å². The van der Waals surface area contributed by atoms with Gasteiger partial charge in [0.15, 0.2) is 5.78 Å². The van der Waals surface area contributed by atoms with Crippen LogP contribution < -0.4 is 4.90 Å². The van der Waals surface area contributed by atoms with Crippen molar-refractivity contribution in [3.63, 3.8) is 0 Å². The number of hydrogen-bond donors (Lipinski definition) is 0. The summed E-state index contributed by atoms with van der Waals surface area (Å²) in [4.78, 5) is 17.9.